The van der Waals surface area contributed by atoms with Crippen molar-refractivity contribution in [3.8, 4) is 0 Å². The number of para-hydroxylation sites is 1. The van der Waals surface area contributed by atoms with E-state index in [0.717, 1.165) is 11.8 Å². The Morgan fingerprint density at radius 3 is 2.58 bits per heavy atom. The average molecular weight is 263 g/mol. The van der Waals surface area contributed by atoms with E-state index in [0.29, 0.717) is 17.3 Å². The zero-order valence-corrected chi connectivity index (χ0v) is 12.0. The molecule has 0 bridgehead atoms. The Kier molecular flexibility index (Phi) is 3.68. The topological polar surface area (TPSA) is 39.2 Å². The summed E-state index contributed by atoms with van der Waals surface area (Å²) in [6.45, 7) is 8.77. The van der Waals surface area contributed by atoms with Crippen LogP contribution in [0.1, 0.15) is 45.9 Å². The second-order valence-electron chi connectivity index (χ2n) is 6.42. The first-order valence-corrected chi connectivity index (χ1v) is 6.72. The molecule has 1 heterocycles. The van der Waals surface area contributed by atoms with E-state index in [2.05, 4.69) is 27.7 Å². The first kappa shape index (κ1) is 14.1. The summed E-state index contributed by atoms with van der Waals surface area (Å²) in [6, 6.07) is 6.57. The van der Waals surface area contributed by atoms with Crippen LogP contribution in [0.5, 0.6) is 0 Å². The highest BCUT2D eigenvalue weighted by molar-refractivity contribution is 5.78. The first-order valence-electron chi connectivity index (χ1n) is 6.72. The number of hydrogen-bond acceptors (Lipinski definition) is 2. The van der Waals surface area contributed by atoms with Gasteiger partial charge in [-0.15, -0.1) is 0 Å². The van der Waals surface area contributed by atoms with Crippen LogP contribution in [0, 0.1) is 17.2 Å². The molecule has 2 rings (SSSR count). The standard InChI is InChI=1S/C16H22FNO/c1-10(16(2,3)4)8-13(18)14-9-11-6-5-7-12(17)15(11)19-14/h5-7,9-10,13H,8,18H2,1-4H3. The van der Waals surface area contributed by atoms with Gasteiger partial charge in [-0.1, -0.05) is 39.8 Å². The molecule has 2 atom stereocenters. The van der Waals surface area contributed by atoms with Gasteiger partial charge in [0.15, 0.2) is 11.4 Å². The van der Waals surface area contributed by atoms with Crippen LogP contribution in [-0.4, -0.2) is 0 Å². The Bertz CT molecular complexity index is 568. The molecule has 0 spiro atoms. The van der Waals surface area contributed by atoms with Gasteiger partial charge in [0.25, 0.3) is 0 Å². The highest BCUT2D eigenvalue weighted by Crippen LogP contribution is 2.34. The molecule has 2 aromatic rings. The number of hydrogen-bond donors (Lipinski definition) is 1. The summed E-state index contributed by atoms with van der Waals surface area (Å²) in [5.74, 6) is 0.788. The molecular formula is C16H22FNO. The molecule has 0 fully saturated rings. The van der Waals surface area contributed by atoms with Crippen molar-refractivity contribution < 1.29 is 8.81 Å². The van der Waals surface area contributed by atoms with Crippen molar-refractivity contribution in [2.45, 2.75) is 40.2 Å². The zero-order chi connectivity index (χ0) is 14.2. The molecule has 0 aliphatic carbocycles. The van der Waals surface area contributed by atoms with Crippen LogP contribution in [0.15, 0.2) is 28.7 Å². The highest BCUT2D eigenvalue weighted by Gasteiger charge is 2.24. The lowest BCUT2D eigenvalue weighted by molar-refractivity contribution is 0.227. The molecule has 2 N–H and O–H groups in total. The summed E-state index contributed by atoms with van der Waals surface area (Å²) < 4.78 is 19.2. The Morgan fingerprint density at radius 2 is 2.00 bits per heavy atom. The quantitative estimate of drug-likeness (QED) is 0.875. The molecule has 1 aromatic carbocycles. The molecule has 3 heteroatoms. The van der Waals surface area contributed by atoms with Gasteiger partial charge in [0.2, 0.25) is 0 Å². The maximum atomic E-state index is 13.6. The Labute approximate surface area is 113 Å². The van der Waals surface area contributed by atoms with Crippen LogP contribution in [0.25, 0.3) is 11.0 Å². The molecular weight excluding hydrogens is 241 g/mol. The second-order valence-corrected chi connectivity index (χ2v) is 6.42. The van der Waals surface area contributed by atoms with Gasteiger partial charge in [-0.05, 0) is 29.9 Å². The van der Waals surface area contributed by atoms with Crippen LogP contribution in [-0.2, 0) is 0 Å². The van der Waals surface area contributed by atoms with Gasteiger partial charge in [-0.3, -0.25) is 0 Å². The predicted octanol–water partition coefficient (Wildman–Crippen LogP) is 4.64. The van der Waals surface area contributed by atoms with Crippen molar-refractivity contribution in [2.75, 3.05) is 0 Å². The highest BCUT2D eigenvalue weighted by atomic mass is 19.1. The van der Waals surface area contributed by atoms with Crippen LogP contribution < -0.4 is 5.73 Å². The van der Waals surface area contributed by atoms with Crippen LogP contribution in [0.2, 0.25) is 0 Å². The Hall–Kier alpha value is -1.35. The van der Waals surface area contributed by atoms with Crippen molar-refractivity contribution in [3.05, 3.63) is 35.8 Å². The number of rotatable bonds is 3. The van der Waals surface area contributed by atoms with E-state index in [4.69, 9.17) is 10.2 Å². The number of furan rings is 1. The fourth-order valence-electron chi connectivity index (χ4n) is 2.08. The van der Waals surface area contributed by atoms with E-state index in [1.54, 1.807) is 6.07 Å². The number of nitrogens with two attached hydrogens (primary N) is 1. The van der Waals surface area contributed by atoms with E-state index in [-0.39, 0.29) is 17.3 Å². The van der Waals surface area contributed by atoms with Gasteiger partial charge in [-0.2, -0.15) is 0 Å². The maximum Gasteiger partial charge on any atom is 0.169 e. The van der Waals surface area contributed by atoms with Gasteiger partial charge in [0.05, 0.1) is 6.04 Å². The third-order valence-electron chi connectivity index (χ3n) is 3.97. The molecule has 0 saturated carbocycles. The van der Waals surface area contributed by atoms with Gasteiger partial charge in [-0.25, -0.2) is 4.39 Å². The van der Waals surface area contributed by atoms with Crippen molar-refractivity contribution >= 4 is 11.0 Å². The summed E-state index contributed by atoms with van der Waals surface area (Å²) in [6.07, 6.45) is 0.824. The molecule has 0 saturated heterocycles. The number of fused-ring (bicyclic) bond motifs is 1. The van der Waals surface area contributed by atoms with Crippen LogP contribution in [0.4, 0.5) is 4.39 Å². The van der Waals surface area contributed by atoms with Crippen molar-refractivity contribution in [1.29, 1.82) is 0 Å². The largest absolute Gasteiger partial charge is 0.456 e. The van der Waals surface area contributed by atoms with E-state index in [1.807, 2.05) is 12.1 Å². The second kappa shape index (κ2) is 4.97. The molecule has 0 amide bonds. The Morgan fingerprint density at radius 1 is 1.32 bits per heavy atom. The van der Waals surface area contributed by atoms with E-state index in [9.17, 15) is 4.39 Å². The van der Waals surface area contributed by atoms with Gasteiger partial charge >= 0.3 is 0 Å². The summed E-state index contributed by atoms with van der Waals surface area (Å²) in [7, 11) is 0. The molecule has 104 valence electrons. The summed E-state index contributed by atoms with van der Waals surface area (Å²) in [5.41, 5.74) is 6.70. The third kappa shape index (κ3) is 2.98. The smallest absolute Gasteiger partial charge is 0.169 e. The molecule has 0 aliphatic heterocycles. The van der Waals surface area contributed by atoms with Crippen LogP contribution >= 0.6 is 0 Å². The molecule has 19 heavy (non-hydrogen) atoms. The minimum absolute atomic E-state index is 0.193. The lowest BCUT2D eigenvalue weighted by atomic mass is 9.78. The van der Waals surface area contributed by atoms with E-state index in [1.165, 1.54) is 6.07 Å². The minimum Gasteiger partial charge on any atom is -0.456 e. The maximum absolute atomic E-state index is 13.6. The molecule has 2 unspecified atom stereocenters. The van der Waals surface area contributed by atoms with E-state index >= 15 is 0 Å². The fourth-order valence-corrected chi connectivity index (χ4v) is 2.08. The molecule has 0 aliphatic rings. The van der Waals surface area contributed by atoms with E-state index < -0.39 is 0 Å². The SMILES string of the molecule is CC(CC(N)c1cc2cccc(F)c2o1)C(C)(C)C. The van der Waals surface area contributed by atoms with Crippen LogP contribution in [0.3, 0.4) is 0 Å². The van der Waals surface area contributed by atoms with Gasteiger partial charge in [0.1, 0.15) is 5.76 Å². The zero-order valence-electron chi connectivity index (χ0n) is 12.0. The van der Waals surface area contributed by atoms with Gasteiger partial charge in [0, 0.05) is 5.39 Å². The average Bonchev–Trinajstić information content (AvgIpc) is 2.73. The normalized spacial score (nSPS) is 15.7. The molecule has 1 aromatic heterocycles. The Balaban J connectivity index is 2.22. The summed E-state index contributed by atoms with van der Waals surface area (Å²) >= 11 is 0. The monoisotopic (exact) mass is 263 g/mol. The fraction of sp³-hybridized carbons (Fsp3) is 0.500. The number of benzene rings is 1. The van der Waals surface area contributed by atoms with Crippen molar-refractivity contribution in [2.24, 2.45) is 17.1 Å². The lowest BCUT2D eigenvalue weighted by Gasteiger charge is -2.28. The third-order valence-corrected chi connectivity index (χ3v) is 3.97. The number of halogens is 1. The molecule has 2 nitrogen and oxygen atoms in total. The predicted molar refractivity (Wildman–Crippen MR) is 76.3 cm³/mol. The molecule has 0 radical (unpaired) electrons. The summed E-state index contributed by atoms with van der Waals surface area (Å²) in [4.78, 5) is 0. The van der Waals surface area contributed by atoms with Gasteiger partial charge < -0.3 is 10.2 Å². The van der Waals surface area contributed by atoms with Crippen molar-refractivity contribution in [1.82, 2.24) is 0 Å². The minimum atomic E-state index is -0.334. The lowest BCUT2D eigenvalue weighted by Crippen LogP contribution is -2.22. The van der Waals surface area contributed by atoms with Crippen molar-refractivity contribution in [3.63, 3.8) is 0 Å². The summed E-state index contributed by atoms with van der Waals surface area (Å²) in [5, 5.41) is 0.772. The first-order chi connectivity index (χ1) is 8.79.